The Kier molecular flexibility index (Phi) is 5.69. The van der Waals surface area contributed by atoms with E-state index >= 15 is 0 Å². The molecule has 0 saturated heterocycles. The fourth-order valence-electron chi connectivity index (χ4n) is 3.50. The SMILES string of the molecule is COc1cc(OC)cc(C(=O)Nc2ccc3c(C)c(C(=O)c4ccc(C)cc4)oc3c2)c1. The quantitative estimate of drug-likeness (QED) is 0.407. The fourth-order valence-corrected chi connectivity index (χ4v) is 3.50. The smallest absolute Gasteiger partial charge is 0.255 e. The lowest BCUT2D eigenvalue weighted by atomic mass is 10.0. The van der Waals surface area contributed by atoms with Crippen LogP contribution in [0.4, 0.5) is 5.69 Å². The first-order valence-electron chi connectivity index (χ1n) is 10.1. The molecule has 4 rings (SSSR count). The van der Waals surface area contributed by atoms with Crippen molar-refractivity contribution in [2.24, 2.45) is 0 Å². The van der Waals surface area contributed by atoms with Gasteiger partial charge in [-0.15, -0.1) is 0 Å². The van der Waals surface area contributed by atoms with Gasteiger partial charge in [0.1, 0.15) is 17.1 Å². The van der Waals surface area contributed by atoms with E-state index in [9.17, 15) is 9.59 Å². The Morgan fingerprint density at radius 3 is 2.09 bits per heavy atom. The molecule has 6 heteroatoms. The van der Waals surface area contributed by atoms with E-state index in [0.717, 1.165) is 16.5 Å². The zero-order chi connectivity index (χ0) is 22.8. The van der Waals surface area contributed by atoms with Gasteiger partial charge in [0.15, 0.2) is 5.76 Å². The Hall–Kier alpha value is -4.06. The number of hydrogen-bond donors (Lipinski definition) is 1. The molecule has 0 spiro atoms. The standard InChI is InChI=1S/C26H23NO5/c1-15-5-7-17(8-6-15)24(28)25-16(2)22-10-9-19(13-23(22)32-25)27-26(29)18-11-20(30-3)14-21(12-18)31-4/h5-14H,1-4H3,(H,27,29). The number of benzene rings is 3. The second-order valence-electron chi connectivity index (χ2n) is 7.52. The van der Waals surface area contributed by atoms with Crippen LogP contribution in [0.5, 0.6) is 11.5 Å². The topological polar surface area (TPSA) is 77.8 Å². The summed E-state index contributed by atoms with van der Waals surface area (Å²) in [4.78, 5) is 25.7. The van der Waals surface area contributed by atoms with Crippen molar-refractivity contribution in [3.63, 3.8) is 0 Å². The summed E-state index contributed by atoms with van der Waals surface area (Å²) in [6.45, 7) is 3.83. The van der Waals surface area contributed by atoms with Gasteiger partial charge < -0.3 is 19.2 Å². The van der Waals surface area contributed by atoms with Crippen LogP contribution in [0.15, 0.2) is 65.1 Å². The Bertz CT molecular complexity index is 1300. The van der Waals surface area contributed by atoms with E-state index < -0.39 is 0 Å². The highest BCUT2D eigenvalue weighted by Gasteiger charge is 2.20. The van der Waals surface area contributed by atoms with Crippen LogP contribution in [-0.2, 0) is 0 Å². The highest BCUT2D eigenvalue weighted by atomic mass is 16.5. The summed E-state index contributed by atoms with van der Waals surface area (Å²) in [6.07, 6.45) is 0. The number of fused-ring (bicyclic) bond motifs is 1. The van der Waals surface area contributed by atoms with Gasteiger partial charge in [0.2, 0.25) is 5.78 Å². The van der Waals surface area contributed by atoms with E-state index in [1.165, 1.54) is 14.2 Å². The lowest BCUT2D eigenvalue weighted by Crippen LogP contribution is -2.12. The van der Waals surface area contributed by atoms with Gasteiger partial charge in [0.25, 0.3) is 5.91 Å². The molecule has 0 aliphatic carbocycles. The Labute approximate surface area is 185 Å². The van der Waals surface area contributed by atoms with E-state index in [-0.39, 0.29) is 11.7 Å². The van der Waals surface area contributed by atoms with Crippen molar-refractivity contribution in [1.29, 1.82) is 0 Å². The lowest BCUT2D eigenvalue weighted by molar-refractivity contribution is 0.101. The number of methoxy groups -OCH3 is 2. The average Bonchev–Trinajstić information content (AvgIpc) is 3.14. The lowest BCUT2D eigenvalue weighted by Gasteiger charge is -2.09. The summed E-state index contributed by atoms with van der Waals surface area (Å²) in [6, 6.07) is 17.7. The van der Waals surface area contributed by atoms with Crippen molar-refractivity contribution in [1.82, 2.24) is 0 Å². The maximum absolute atomic E-state index is 12.9. The first kappa shape index (κ1) is 21.2. The number of ether oxygens (including phenoxy) is 2. The van der Waals surface area contributed by atoms with Crippen molar-refractivity contribution in [3.05, 3.63) is 88.7 Å². The molecular weight excluding hydrogens is 406 g/mol. The van der Waals surface area contributed by atoms with Crippen LogP contribution in [0.2, 0.25) is 0 Å². The van der Waals surface area contributed by atoms with Gasteiger partial charge in [-0.25, -0.2) is 0 Å². The first-order valence-corrected chi connectivity index (χ1v) is 10.1. The molecular formula is C26H23NO5. The van der Waals surface area contributed by atoms with Crippen molar-refractivity contribution in [3.8, 4) is 11.5 Å². The molecule has 0 unspecified atom stereocenters. The molecule has 1 heterocycles. The monoisotopic (exact) mass is 429 g/mol. The van der Waals surface area contributed by atoms with Gasteiger partial charge in [-0.2, -0.15) is 0 Å². The van der Waals surface area contributed by atoms with E-state index in [1.807, 2.05) is 32.0 Å². The second kappa shape index (κ2) is 8.59. The maximum atomic E-state index is 12.9. The third-order valence-corrected chi connectivity index (χ3v) is 5.33. The first-order chi connectivity index (χ1) is 15.4. The number of ketones is 1. The molecule has 0 fully saturated rings. The molecule has 32 heavy (non-hydrogen) atoms. The van der Waals surface area contributed by atoms with Crippen molar-refractivity contribution in [2.75, 3.05) is 19.5 Å². The Morgan fingerprint density at radius 1 is 0.812 bits per heavy atom. The molecule has 6 nitrogen and oxygen atoms in total. The number of hydrogen-bond acceptors (Lipinski definition) is 5. The minimum absolute atomic E-state index is 0.173. The predicted molar refractivity (Wildman–Crippen MR) is 123 cm³/mol. The molecule has 1 N–H and O–H groups in total. The third kappa shape index (κ3) is 4.07. The number of carbonyl (C=O) groups excluding carboxylic acids is 2. The van der Waals surface area contributed by atoms with Crippen LogP contribution in [0.3, 0.4) is 0 Å². The van der Waals surface area contributed by atoms with E-state index in [0.29, 0.717) is 39.7 Å². The number of anilines is 1. The number of rotatable bonds is 6. The van der Waals surface area contributed by atoms with Gasteiger partial charge in [-0.3, -0.25) is 9.59 Å². The summed E-state index contributed by atoms with van der Waals surface area (Å²) >= 11 is 0. The largest absolute Gasteiger partial charge is 0.497 e. The van der Waals surface area contributed by atoms with Crippen molar-refractivity contribution in [2.45, 2.75) is 13.8 Å². The Balaban J connectivity index is 1.62. The molecule has 0 bridgehead atoms. The van der Waals surface area contributed by atoms with Crippen LogP contribution in [0.1, 0.15) is 37.6 Å². The van der Waals surface area contributed by atoms with Crippen LogP contribution in [0.25, 0.3) is 11.0 Å². The van der Waals surface area contributed by atoms with Gasteiger partial charge >= 0.3 is 0 Å². The number of aryl methyl sites for hydroxylation is 2. The van der Waals surface area contributed by atoms with Crippen molar-refractivity contribution >= 4 is 28.3 Å². The van der Waals surface area contributed by atoms with Crippen LogP contribution >= 0.6 is 0 Å². The highest BCUT2D eigenvalue weighted by molar-refractivity contribution is 6.11. The van der Waals surface area contributed by atoms with Gasteiger partial charge in [-0.1, -0.05) is 29.8 Å². The van der Waals surface area contributed by atoms with Gasteiger partial charge in [0.05, 0.1) is 14.2 Å². The average molecular weight is 429 g/mol. The van der Waals surface area contributed by atoms with Crippen LogP contribution < -0.4 is 14.8 Å². The van der Waals surface area contributed by atoms with Gasteiger partial charge in [-0.05, 0) is 38.1 Å². The summed E-state index contributed by atoms with van der Waals surface area (Å²) in [5.41, 5.74) is 3.88. The molecule has 0 atom stereocenters. The van der Waals surface area contributed by atoms with Crippen LogP contribution in [0, 0.1) is 13.8 Å². The number of nitrogens with one attached hydrogen (secondary N) is 1. The zero-order valence-electron chi connectivity index (χ0n) is 18.3. The molecule has 0 saturated carbocycles. The molecule has 1 aromatic heterocycles. The molecule has 0 aliphatic rings. The minimum Gasteiger partial charge on any atom is -0.497 e. The molecule has 0 radical (unpaired) electrons. The molecule has 1 amide bonds. The molecule has 4 aromatic rings. The molecule has 162 valence electrons. The van der Waals surface area contributed by atoms with E-state index in [1.54, 1.807) is 42.5 Å². The Morgan fingerprint density at radius 2 is 1.47 bits per heavy atom. The minimum atomic E-state index is -0.319. The normalized spacial score (nSPS) is 10.8. The van der Waals surface area contributed by atoms with E-state index in [2.05, 4.69) is 5.32 Å². The van der Waals surface area contributed by atoms with Gasteiger partial charge in [0, 0.05) is 39.9 Å². The third-order valence-electron chi connectivity index (χ3n) is 5.33. The second-order valence-corrected chi connectivity index (χ2v) is 7.52. The zero-order valence-corrected chi connectivity index (χ0v) is 18.3. The maximum Gasteiger partial charge on any atom is 0.255 e. The summed E-state index contributed by atoms with van der Waals surface area (Å²) in [5.74, 6) is 0.843. The number of carbonyl (C=O) groups is 2. The molecule has 0 aliphatic heterocycles. The van der Waals surface area contributed by atoms with Crippen molar-refractivity contribution < 1.29 is 23.5 Å². The summed E-state index contributed by atoms with van der Waals surface area (Å²) < 4.78 is 16.4. The summed E-state index contributed by atoms with van der Waals surface area (Å²) in [7, 11) is 3.05. The summed E-state index contributed by atoms with van der Waals surface area (Å²) in [5, 5.41) is 3.67. The number of amides is 1. The fraction of sp³-hybridized carbons (Fsp3) is 0.154. The van der Waals surface area contributed by atoms with Crippen LogP contribution in [-0.4, -0.2) is 25.9 Å². The highest BCUT2D eigenvalue weighted by Crippen LogP contribution is 2.30. The molecule has 3 aromatic carbocycles. The number of furan rings is 1. The predicted octanol–water partition coefficient (Wildman–Crippen LogP) is 5.55. The van der Waals surface area contributed by atoms with E-state index in [4.69, 9.17) is 13.9 Å².